The van der Waals surface area contributed by atoms with Crippen LogP contribution in [-0.4, -0.2) is 41.2 Å². The van der Waals surface area contributed by atoms with Crippen molar-refractivity contribution in [2.45, 2.75) is 26.8 Å². The third kappa shape index (κ3) is 5.65. The number of aromatic hydroxyl groups is 1. The maximum Gasteiger partial charge on any atom is 0.133 e. The summed E-state index contributed by atoms with van der Waals surface area (Å²) in [6.07, 6.45) is 2.68. The quantitative estimate of drug-likeness (QED) is 0.674. The van der Waals surface area contributed by atoms with Crippen LogP contribution in [0.1, 0.15) is 26.0 Å². The number of likely N-dealkylation sites (N-methyl/N-ethyl adjacent to an activating group) is 1. The normalized spacial score (nSPS) is 11.0. The third-order valence-corrected chi connectivity index (χ3v) is 2.71. The van der Waals surface area contributed by atoms with Crippen molar-refractivity contribution < 1.29 is 5.11 Å². The van der Waals surface area contributed by atoms with Crippen molar-refractivity contribution in [1.29, 1.82) is 0 Å². The molecule has 0 saturated carbocycles. The van der Waals surface area contributed by atoms with Gasteiger partial charge in [-0.05, 0) is 31.6 Å². The van der Waals surface area contributed by atoms with Gasteiger partial charge in [0.15, 0.2) is 0 Å². The number of aromatic nitrogens is 1. The summed E-state index contributed by atoms with van der Waals surface area (Å²) in [5.74, 6) is 0.217. The van der Waals surface area contributed by atoms with Crippen molar-refractivity contribution in [1.82, 2.24) is 15.2 Å². The van der Waals surface area contributed by atoms with Crippen LogP contribution in [0.4, 0.5) is 0 Å². The Bertz CT molecular complexity index is 300. The molecular weight excluding hydrogens is 214 g/mol. The van der Waals surface area contributed by atoms with E-state index < -0.39 is 0 Å². The summed E-state index contributed by atoms with van der Waals surface area (Å²) in [5, 5.41) is 12.5. The van der Waals surface area contributed by atoms with Crippen molar-refractivity contribution >= 4 is 0 Å². The van der Waals surface area contributed by atoms with Gasteiger partial charge in [-0.25, -0.2) is 0 Å². The molecule has 0 radical (unpaired) electrons. The molecule has 4 nitrogen and oxygen atoms in total. The average molecular weight is 237 g/mol. The first-order chi connectivity index (χ1) is 8.26. The van der Waals surface area contributed by atoms with E-state index in [1.165, 1.54) is 12.6 Å². The molecule has 1 rings (SSSR count). The monoisotopic (exact) mass is 237 g/mol. The molecule has 17 heavy (non-hydrogen) atoms. The second kappa shape index (κ2) is 8.03. The SMILES string of the molecule is CCCN(CC)CCNCc1ccc(O)cn1. The minimum Gasteiger partial charge on any atom is -0.506 e. The first-order valence-corrected chi connectivity index (χ1v) is 6.33. The van der Waals surface area contributed by atoms with Crippen molar-refractivity contribution in [2.75, 3.05) is 26.2 Å². The van der Waals surface area contributed by atoms with Crippen molar-refractivity contribution in [3.8, 4) is 5.75 Å². The van der Waals surface area contributed by atoms with Gasteiger partial charge in [-0.1, -0.05) is 13.8 Å². The minimum absolute atomic E-state index is 0.217. The largest absolute Gasteiger partial charge is 0.506 e. The van der Waals surface area contributed by atoms with Crippen LogP contribution in [0, 0.1) is 0 Å². The summed E-state index contributed by atoms with van der Waals surface area (Å²) >= 11 is 0. The topological polar surface area (TPSA) is 48.4 Å². The number of nitrogens with one attached hydrogen (secondary N) is 1. The maximum atomic E-state index is 9.10. The molecule has 0 aliphatic rings. The van der Waals surface area contributed by atoms with Crippen molar-refractivity contribution in [3.05, 3.63) is 24.0 Å². The van der Waals surface area contributed by atoms with E-state index in [-0.39, 0.29) is 5.75 Å². The van der Waals surface area contributed by atoms with Crippen LogP contribution in [0.2, 0.25) is 0 Å². The molecule has 0 unspecified atom stereocenters. The lowest BCUT2D eigenvalue weighted by Gasteiger charge is -2.19. The second-order valence-electron chi connectivity index (χ2n) is 4.12. The summed E-state index contributed by atoms with van der Waals surface area (Å²) in [7, 11) is 0. The molecule has 96 valence electrons. The standard InChI is InChI=1S/C13H23N3O/c1-3-8-16(4-2)9-7-14-10-12-5-6-13(17)11-15-12/h5-6,11,14,17H,3-4,7-10H2,1-2H3. The smallest absolute Gasteiger partial charge is 0.133 e. The Balaban J connectivity index is 2.17. The van der Waals surface area contributed by atoms with E-state index in [1.54, 1.807) is 6.07 Å². The number of rotatable bonds is 8. The van der Waals surface area contributed by atoms with E-state index in [0.717, 1.165) is 38.4 Å². The summed E-state index contributed by atoms with van der Waals surface area (Å²) in [6.45, 7) is 9.46. The molecule has 0 aliphatic carbocycles. The molecule has 2 N–H and O–H groups in total. The zero-order valence-corrected chi connectivity index (χ0v) is 10.8. The average Bonchev–Trinajstić information content (AvgIpc) is 2.35. The number of hydrogen-bond donors (Lipinski definition) is 2. The molecule has 0 saturated heterocycles. The Labute approximate surface area is 104 Å². The molecule has 4 heteroatoms. The van der Waals surface area contributed by atoms with Crippen LogP contribution < -0.4 is 5.32 Å². The molecule has 1 heterocycles. The summed E-state index contributed by atoms with van der Waals surface area (Å²) in [5.41, 5.74) is 0.960. The molecule has 1 aromatic rings. The molecule has 0 atom stereocenters. The molecule has 0 bridgehead atoms. The molecule has 0 spiro atoms. The van der Waals surface area contributed by atoms with E-state index in [0.29, 0.717) is 0 Å². The maximum absolute atomic E-state index is 9.10. The van der Waals surface area contributed by atoms with Crippen LogP contribution in [0.15, 0.2) is 18.3 Å². The lowest BCUT2D eigenvalue weighted by atomic mass is 10.3. The Morgan fingerprint density at radius 3 is 2.71 bits per heavy atom. The van der Waals surface area contributed by atoms with Gasteiger partial charge < -0.3 is 15.3 Å². The minimum atomic E-state index is 0.217. The highest BCUT2D eigenvalue weighted by Gasteiger charge is 2.00. The fourth-order valence-electron chi connectivity index (χ4n) is 1.72. The lowest BCUT2D eigenvalue weighted by molar-refractivity contribution is 0.287. The van der Waals surface area contributed by atoms with Crippen molar-refractivity contribution in [2.24, 2.45) is 0 Å². The Morgan fingerprint density at radius 2 is 2.12 bits per heavy atom. The molecule has 0 aromatic carbocycles. The zero-order valence-electron chi connectivity index (χ0n) is 10.8. The molecule has 1 aromatic heterocycles. The molecule has 0 aliphatic heterocycles. The van der Waals surface area contributed by atoms with Gasteiger partial charge in [0.2, 0.25) is 0 Å². The van der Waals surface area contributed by atoms with Crippen molar-refractivity contribution in [3.63, 3.8) is 0 Å². The van der Waals surface area contributed by atoms with Crippen LogP contribution in [-0.2, 0) is 6.54 Å². The van der Waals surface area contributed by atoms with E-state index >= 15 is 0 Å². The van der Waals surface area contributed by atoms with E-state index in [2.05, 4.69) is 29.0 Å². The molecule has 0 amide bonds. The number of nitrogens with zero attached hydrogens (tertiary/aromatic N) is 2. The summed E-state index contributed by atoms with van der Waals surface area (Å²) in [6, 6.07) is 3.51. The highest BCUT2D eigenvalue weighted by atomic mass is 16.3. The third-order valence-electron chi connectivity index (χ3n) is 2.71. The van der Waals surface area contributed by atoms with Crippen LogP contribution in [0.25, 0.3) is 0 Å². The zero-order chi connectivity index (χ0) is 12.5. The lowest BCUT2D eigenvalue weighted by Crippen LogP contribution is -2.32. The van der Waals surface area contributed by atoms with Gasteiger partial charge in [0, 0.05) is 19.6 Å². The van der Waals surface area contributed by atoms with Crippen LogP contribution in [0.3, 0.4) is 0 Å². The van der Waals surface area contributed by atoms with E-state index in [1.807, 2.05) is 6.07 Å². The first kappa shape index (κ1) is 13.9. The Hall–Kier alpha value is -1.13. The van der Waals surface area contributed by atoms with Crippen LogP contribution in [0.5, 0.6) is 5.75 Å². The predicted molar refractivity (Wildman–Crippen MR) is 70.0 cm³/mol. The highest BCUT2D eigenvalue weighted by Crippen LogP contribution is 2.05. The van der Waals surface area contributed by atoms with Gasteiger partial charge in [0.25, 0.3) is 0 Å². The Morgan fingerprint density at radius 1 is 1.29 bits per heavy atom. The molecular formula is C13H23N3O. The second-order valence-corrected chi connectivity index (χ2v) is 4.12. The fraction of sp³-hybridized carbons (Fsp3) is 0.615. The molecule has 0 fully saturated rings. The summed E-state index contributed by atoms with van der Waals surface area (Å²) < 4.78 is 0. The Kier molecular flexibility index (Phi) is 6.58. The number of hydrogen-bond acceptors (Lipinski definition) is 4. The summed E-state index contributed by atoms with van der Waals surface area (Å²) in [4.78, 5) is 6.55. The van der Waals surface area contributed by atoms with Gasteiger partial charge in [-0.2, -0.15) is 0 Å². The van der Waals surface area contributed by atoms with Gasteiger partial charge in [-0.15, -0.1) is 0 Å². The fourth-order valence-corrected chi connectivity index (χ4v) is 1.72. The van der Waals surface area contributed by atoms with Gasteiger partial charge >= 0.3 is 0 Å². The van der Waals surface area contributed by atoms with Gasteiger partial charge in [0.1, 0.15) is 5.75 Å². The van der Waals surface area contributed by atoms with Gasteiger partial charge in [0.05, 0.1) is 11.9 Å². The first-order valence-electron chi connectivity index (χ1n) is 6.33. The van der Waals surface area contributed by atoms with E-state index in [9.17, 15) is 0 Å². The van der Waals surface area contributed by atoms with Gasteiger partial charge in [-0.3, -0.25) is 4.98 Å². The van der Waals surface area contributed by atoms with Crippen LogP contribution >= 0.6 is 0 Å². The highest BCUT2D eigenvalue weighted by molar-refractivity contribution is 5.17. The number of pyridine rings is 1. The predicted octanol–water partition coefficient (Wildman–Crippen LogP) is 1.61. The van der Waals surface area contributed by atoms with E-state index in [4.69, 9.17) is 5.11 Å².